The molecule has 0 saturated heterocycles. The van der Waals surface area contributed by atoms with E-state index < -0.39 is 9.84 Å². The van der Waals surface area contributed by atoms with Crippen molar-refractivity contribution >= 4 is 15.4 Å². The number of hydrogen-bond acceptors (Lipinski definition) is 4. The van der Waals surface area contributed by atoms with Crippen LogP contribution in [0.1, 0.15) is 18.9 Å². The zero-order valence-corrected chi connectivity index (χ0v) is 10.6. The van der Waals surface area contributed by atoms with E-state index >= 15 is 0 Å². The fourth-order valence-electron chi connectivity index (χ4n) is 1.92. The van der Waals surface area contributed by atoms with Crippen LogP contribution in [0.25, 0.3) is 5.57 Å². The van der Waals surface area contributed by atoms with Crippen molar-refractivity contribution in [3.05, 3.63) is 29.2 Å². The predicted octanol–water partition coefficient (Wildman–Crippen LogP) is 1.52. The van der Waals surface area contributed by atoms with Crippen molar-refractivity contribution < 1.29 is 13.5 Å². The average Bonchev–Trinajstić information content (AvgIpc) is 2.50. The largest absolute Gasteiger partial charge is 0.508 e. The normalized spacial score (nSPS) is 18.6. The summed E-state index contributed by atoms with van der Waals surface area (Å²) in [5, 5.41) is 13.7. The molecule has 17 heavy (non-hydrogen) atoms. The average molecular weight is 253 g/mol. The van der Waals surface area contributed by atoms with Gasteiger partial charge in [0.15, 0.2) is 0 Å². The third kappa shape index (κ3) is 2.21. The van der Waals surface area contributed by atoms with Crippen molar-refractivity contribution in [2.75, 3.05) is 7.05 Å². The van der Waals surface area contributed by atoms with Crippen LogP contribution in [0.2, 0.25) is 0 Å². The van der Waals surface area contributed by atoms with Gasteiger partial charge in [-0.3, -0.25) is 0 Å². The lowest BCUT2D eigenvalue weighted by molar-refractivity contribution is 0.473. The molecule has 0 aromatic heterocycles. The van der Waals surface area contributed by atoms with Crippen molar-refractivity contribution in [2.24, 2.45) is 0 Å². The van der Waals surface area contributed by atoms with Gasteiger partial charge in [-0.25, -0.2) is 8.42 Å². The second-order valence-electron chi connectivity index (χ2n) is 4.26. The number of nitrogens with one attached hydrogen (secondary N) is 1. The number of sulfone groups is 1. The molecule has 0 aliphatic carbocycles. The summed E-state index contributed by atoms with van der Waals surface area (Å²) in [6.07, 6.45) is 0.646. The highest BCUT2D eigenvalue weighted by atomic mass is 32.2. The Morgan fingerprint density at radius 3 is 2.76 bits per heavy atom. The highest BCUT2D eigenvalue weighted by Crippen LogP contribution is 2.37. The van der Waals surface area contributed by atoms with Crippen LogP contribution in [-0.2, 0) is 9.84 Å². The maximum Gasteiger partial charge on any atom is 0.200 e. The fourth-order valence-corrected chi connectivity index (χ4v) is 3.43. The zero-order valence-electron chi connectivity index (χ0n) is 9.77. The Labute approximate surface area is 101 Å². The van der Waals surface area contributed by atoms with E-state index in [4.69, 9.17) is 0 Å². The van der Waals surface area contributed by atoms with E-state index in [2.05, 4.69) is 5.32 Å². The first-order chi connectivity index (χ1) is 7.94. The van der Waals surface area contributed by atoms with Crippen LogP contribution in [0.5, 0.6) is 5.75 Å². The van der Waals surface area contributed by atoms with E-state index in [0.29, 0.717) is 12.0 Å². The third-order valence-corrected chi connectivity index (χ3v) is 4.48. The van der Waals surface area contributed by atoms with Gasteiger partial charge in [0, 0.05) is 11.4 Å². The first-order valence-corrected chi connectivity index (χ1v) is 6.95. The van der Waals surface area contributed by atoms with Crippen LogP contribution >= 0.6 is 0 Å². The second-order valence-corrected chi connectivity index (χ2v) is 6.03. The zero-order chi connectivity index (χ0) is 12.6. The summed E-state index contributed by atoms with van der Waals surface area (Å²) < 4.78 is 23.8. The summed E-state index contributed by atoms with van der Waals surface area (Å²) >= 11 is 0. The van der Waals surface area contributed by atoms with Crippen LogP contribution in [0.4, 0.5) is 0 Å². The predicted molar refractivity (Wildman–Crippen MR) is 66.4 cm³/mol. The molecule has 1 heterocycles. The van der Waals surface area contributed by atoms with Gasteiger partial charge < -0.3 is 10.4 Å². The van der Waals surface area contributed by atoms with Crippen LogP contribution in [-0.4, -0.2) is 26.6 Å². The van der Waals surface area contributed by atoms with E-state index in [1.165, 1.54) is 17.5 Å². The molecule has 0 fully saturated rings. The van der Waals surface area contributed by atoms with Crippen molar-refractivity contribution in [3.8, 4) is 5.75 Å². The van der Waals surface area contributed by atoms with E-state index in [-0.39, 0.29) is 16.7 Å². The highest BCUT2D eigenvalue weighted by Gasteiger charge is 2.27. The van der Waals surface area contributed by atoms with E-state index in [9.17, 15) is 13.5 Å². The Kier molecular flexibility index (Phi) is 2.97. The minimum absolute atomic E-state index is 0.0244. The molecule has 0 saturated carbocycles. The number of hydrogen-bond donors (Lipinski definition) is 2. The third-order valence-electron chi connectivity index (χ3n) is 2.93. The summed E-state index contributed by atoms with van der Waals surface area (Å²) in [5.74, 6) is -0.0244. The van der Waals surface area contributed by atoms with Gasteiger partial charge in [-0.2, -0.15) is 0 Å². The molecule has 1 aliphatic rings. The molecule has 2 rings (SSSR count). The summed E-state index contributed by atoms with van der Waals surface area (Å²) in [6.45, 7) is 1.99. The second kappa shape index (κ2) is 4.16. The van der Waals surface area contributed by atoms with Crippen molar-refractivity contribution in [1.29, 1.82) is 0 Å². The number of fused-ring (bicyclic) bond motifs is 1. The molecule has 0 radical (unpaired) electrons. The first kappa shape index (κ1) is 12.1. The minimum Gasteiger partial charge on any atom is -0.508 e. The summed E-state index contributed by atoms with van der Waals surface area (Å²) in [6, 6.07) is 4.68. The lowest BCUT2D eigenvalue weighted by Crippen LogP contribution is -2.21. The molecule has 0 bridgehead atoms. The summed E-state index contributed by atoms with van der Waals surface area (Å²) in [7, 11) is -1.54. The molecule has 1 unspecified atom stereocenters. The van der Waals surface area contributed by atoms with Crippen molar-refractivity contribution in [1.82, 2.24) is 5.32 Å². The van der Waals surface area contributed by atoms with E-state index in [1.807, 2.05) is 14.0 Å². The van der Waals surface area contributed by atoms with Gasteiger partial charge in [0.2, 0.25) is 9.84 Å². The monoisotopic (exact) mass is 253 g/mol. The van der Waals surface area contributed by atoms with Gasteiger partial charge in [0.05, 0.1) is 4.90 Å². The minimum atomic E-state index is -3.38. The molecule has 1 aliphatic heterocycles. The van der Waals surface area contributed by atoms with Crippen molar-refractivity contribution in [2.45, 2.75) is 24.3 Å². The Morgan fingerprint density at radius 2 is 2.12 bits per heavy atom. The standard InChI is InChI=1S/C12H15NO3S/c1-8(13-2)5-9-7-17(15,16)12-6-10(14)3-4-11(9)12/h3-4,6-8,13-14H,5H2,1-2H3. The number of rotatable bonds is 3. The Hall–Kier alpha value is -1.33. The molecule has 1 aromatic rings. The lowest BCUT2D eigenvalue weighted by atomic mass is 10.0. The van der Waals surface area contributed by atoms with Crippen LogP contribution in [0.3, 0.4) is 0 Å². The van der Waals surface area contributed by atoms with E-state index in [1.54, 1.807) is 6.07 Å². The topological polar surface area (TPSA) is 66.4 Å². The molecule has 1 aromatic carbocycles. The fraction of sp³-hybridized carbons (Fsp3) is 0.333. The molecule has 0 spiro atoms. The quantitative estimate of drug-likeness (QED) is 0.857. The summed E-state index contributed by atoms with van der Waals surface area (Å²) in [5.41, 5.74) is 1.49. The van der Waals surface area contributed by atoms with Crippen LogP contribution in [0, 0.1) is 0 Å². The van der Waals surface area contributed by atoms with Gasteiger partial charge >= 0.3 is 0 Å². The van der Waals surface area contributed by atoms with Gasteiger partial charge in [-0.05, 0) is 49.7 Å². The van der Waals surface area contributed by atoms with Crippen LogP contribution in [0.15, 0.2) is 28.5 Å². The van der Waals surface area contributed by atoms with Gasteiger partial charge in [-0.1, -0.05) is 0 Å². The Bertz CT molecular complexity index is 575. The number of phenolic OH excluding ortho intramolecular Hbond substituents is 1. The van der Waals surface area contributed by atoms with Crippen LogP contribution < -0.4 is 5.32 Å². The molecule has 5 heteroatoms. The van der Waals surface area contributed by atoms with E-state index in [0.717, 1.165) is 5.57 Å². The lowest BCUT2D eigenvalue weighted by Gasteiger charge is -2.11. The van der Waals surface area contributed by atoms with Gasteiger partial charge in [0.1, 0.15) is 5.75 Å². The molecular formula is C12H15NO3S. The molecule has 2 N–H and O–H groups in total. The molecule has 92 valence electrons. The Balaban J connectivity index is 2.47. The van der Waals surface area contributed by atoms with Gasteiger partial charge in [0.25, 0.3) is 0 Å². The number of aromatic hydroxyl groups is 1. The summed E-state index contributed by atoms with van der Waals surface area (Å²) in [4.78, 5) is 0.204. The first-order valence-electron chi connectivity index (χ1n) is 5.40. The molecular weight excluding hydrogens is 238 g/mol. The maximum atomic E-state index is 11.9. The number of phenols is 1. The Morgan fingerprint density at radius 1 is 1.41 bits per heavy atom. The molecule has 4 nitrogen and oxygen atoms in total. The molecule has 1 atom stereocenters. The SMILES string of the molecule is CNC(C)CC1=CS(=O)(=O)c2cc(O)ccc21. The maximum absolute atomic E-state index is 11.9. The molecule has 0 amide bonds. The van der Waals surface area contributed by atoms with Gasteiger partial charge in [-0.15, -0.1) is 0 Å². The highest BCUT2D eigenvalue weighted by molar-refractivity contribution is 7.95. The number of benzene rings is 1. The van der Waals surface area contributed by atoms with Crippen molar-refractivity contribution in [3.63, 3.8) is 0 Å². The smallest absolute Gasteiger partial charge is 0.200 e.